The Morgan fingerprint density at radius 2 is 2.18 bits per heavy atom. The number of rotatable bonds is 1. The number of fused-ring (bicyclic) bond motifs is 1. The summed E-state index contributed by atoms with van der Waals surface area (Å²) in [5, 5.41) is 9.00. The summed E-state index contributed by atoms with van der Waals surface area (Å²) in [6.07, 6.45) is 3.15. The van der Waals surface area contributed by atoms with E-state index in [4.69, 9.17) is 5.11 Å². The number of imidazole rings is 1. The average Bonchev–Trinajstić information content (AvgIpc) is 2.58. The largest absolute Gasteiger partial charge is 0.481 e. The van der Waals surface area contributed by atoms with Crippen LogP contribution in [-0.2, 0) is 23.2 Å². The summed E-state index contributed by atoms with van der Waals surface area (Å²) in [5.41, 5.74) is 1.08. The van der Waals surface area contributed by atoms with Crippen molar-refractivity contribution in [3.63, 3.8) is 0 Å². The Kier molecular flexibility index (Phi) is 3.87. The molecule has 1 N–H and O–H groups in total. The van der Waals surface area contributed by atoms with Crippen LogP contribution >= 0.6 is 12.4 Å². The highest BCUT2D eigenvalue weighted by Crippen LogP contribution is 2.28. The number of carbonyl (C=O) groups is 1. The summed E-state index contributed by atoms with van der Waals surface area (Å²) in [7, 11) is 0. The number of nitrogens with zero attached hydrogens (tertiary/aromatic N) is 2. The molecule has 0 fully saturated rings. The Bertz CT molecular complexity index is 421. The van der Waals surface area contributed by atoms with E-state index < -0.39 is 5.97 Å². The minimum absolute atomic E-state index is 0. The van der Waals surface area contributed by atoms with E-state index in [0.29, 0.717) is 12.8 Å². The zero-order valence-corrected chi connectivity index (χ0v) is 11.3. The van der Waals surface area contributed by atoms with Gasteiger partial charge in [-0.15, -0.1) is 12.4 Å². The zero-order chi connectivity index (χ0) is 11.9. The Balaban J connectivity index is 0.00000144. The van der Waals surface area contributed by atoms with Gasteiger partial charge in [-0.25, -0.2) is 4.98 Å². The van der Waals surface area contributed by atoms with E-state index in [9.17, 15) is 4.79 Å². The Morgan fingerprint density at radius 3 is 2.71 bits per heavy atom. The molecule has 0 aliphatic carbocycles. The van der Waals surface area contributed by atoms with Gasteiger partial charge in [0.2, 0.25) is 0 Å². The molecule has 17 heavy (non-hydrogen) atoms. The molecule has 0 saturated carbocycles. The van der Waals surface area contributed by atoms with Crippen molar-refractivity contribution in [2.24, 2.45) is 5.92 Å². The molecule has 0 amide bonds. The molecule has 0 aromatic carbocycles. The number of aliphatic carboxylic acids is 1. The van der Waals surface area contributed by atoms with Crippen molar-refractivity contribution in [3.05, 3.63) is 17.7 Å². The van der Waals surface area contributed by atoms with Crippen LogP contribution < -0.4 is 0 Å². The van der Waals surface area contributed by atoms with Gasteiger partial charge in [-0.1, -0.05) is 20.8 Å². The van der Waals surface area contributed by atoms with Crippen LogP contribution in [0.2, 0.25) is 0 Å². The van der Waals surface area contributed by atoms with E-state index in [1.807, 2.05) is 6.20 Å². The van der Waals surface area contributed by atoms with Crippen molar-refractivity contribution >= 4 is 18.4 Å². The van der Waals surface area contributed by atoms with Gasteiger partial charge in [0.15, 0.2) is 0 Å². The molecule has 96 valence electrons. The maximum atomic E-state index is 10.9. The lowest BCUT2D eigenvalue weighted by Gasteiger charge is -2.26. The van der Waals surface area contributed by atoms with Gasteiger partial charge in [-0.05, 0) is 6.42 Å². The first-order chi connectivity index (χ1) is 7.39. The fourth-order valence-electron chi connectivity index (χ4n) is 2.27. The molecule has 0 spiro atoms. The molecule has 5 heteroatoms. The molecule has 1 aromatic heterocycles. The molecule has 2 rings (SSSR count). The fraction of sp³-hybridized carbons (Fsp3) is 0.667. The average molecular weight is 259 g/mol. The summed E-state index contributed by atoms with van der Waals surface area (Å²) in [6, 6.07) is 0. The summed E-state index contributed by atoms with van der Waals surface area (Å²) in [5.74, 6) is 0.133. The van der Waals surface area contributed by atoms with Crippen molar-refractivity contribution in [2.75, 3.05) is 0 Å². The molecule has 1 atom stereocenters. The standard InChI is InChI=1S/C12H18N2O2.ClH/c1-12(2,3)11-13-7-9-6-8(10(15)16)4-5-14(9)11;/h7-8H,4-6H2,1-3H3,(H,15,16);1H. The maximum Gasteiger partial charge on any atom is 0.306 e. The second kappa shape index (κ2) is 4.69. The second-order valence-electron chi connectivity index (χ2n) is 5.50. The number of aromatic nitrogens is 2. The predicted octanol–water partition coefficient (Wildman–Crippen LogP) is 2.25. The topological polar surface area (TPSA) is 55.1 Å². The van der Waals surface area contributed by atoms with Crippen molar-refractivity contribution in [1.29, 1.82) is 0 Å². The molecule has 2 heterocycles. The molecule has 0 bridgehead atoms. The van der Waals surface area contributed by atoms with Crippen LogP contribution in [-0.4, -0.2) is 20.6 Å². The van der Waals surface area contributed by atoms with Crippen molar-refractivity contribution in [3.8, 4) is 0 Å². The molecular formula is C12H19ClN2O2. The van der Waals surface area contributed by atoms with Gasteiger partial charge in [0.25, 0.3) is 0 Å². The van der Waals surface area contributed by atoms with E-state index in [1.165, 1.54) is 0 Å². The van der Waals surface area contributed by atoms with Crippen molar-refractivity contribution in [1.82, 2.24) is 9.55 Å². The number of hydrogen-bond donors (Lipinski definition) is 1. The van der Waals surface area contributed by atoms with Gasteiger partial charge in [0.1, 0.15) is 5.82 Å². The molecule has 1 aliphatic heterocycles. The monoisotopic (exact) mass is 258 g/mol. The quantitative estimate of drug-likeness (QED) is 0.841. The zero-order valence-electron chi connectivity index (χ0n) is 10.4. The Morgan fingerprint density at radius 1 is 1.53 bits per heavy atom. The van der Waals surface area contributed by atoms with E-state index in [2.05, 4.69) is 30.3 Å². The van der Waals surface area contributed by atoms with Gasteiger partial charge in [0.05, 0.1) is 5.92 Å². The van der Waals surface area contributed by atoms with Gasteiger partial charge in [0, 0.05) is 30.3 Å². The van der Waals surface area contributed by atoms with Crippen LogP contribution in [0.15, 0.2) is 6.20 Å². The Hall–Kier alpha value is -1.03. The molecule has 1 aromatic rings. The van der Waals surface area contributed by atoms with Crippen molar-refractivity contribution < 1.29 is 9.90 Å². The molecule has 0 saturated heterocycles. The Labute approximate surface area is 107 Å². The number of halogens is 1. The minimum atomic E-state index is -0.690. The number of carboxylic acids is 1. The predicted molar refractivity (Wildman–Crippen MR) is 67.6 cm³/mol. The van der Waals surface area contributed by atoms with E-state index in [-0.39, 0.29) is 23.7 Å². The highest BCUT2D eigenvalue weighted by molar-refractivity contribution is 5.85. The van der Waals surface area contributed by atoms with Gasteiger partial charge in [-0.2, -0.15) is 0 Å². The molecule has 1 unspecified atom stereocenters. The first-order valence-electron chi connectivity index (χ1n) is 5.67. The smallest absolute Gasteiger partial charge is 0.306 e. The highest BCUT2D eigenvalue weighted by atomic mass is 35.5. The van der Waals surface area contributed by atoms with Gasteiger partial charge >= 0.3 is 5.97 Å². The van der Waals surface area contributed by atoms with Crippen LogP contribution in [0.5, 0.6) is 0 Å². The first-order valence-corrected chi connectivity index (χ1v) is 5.67. The molecule has 1 aliphatic rings. The van der Waals surface area contributed by atoms with Gasteiger partial charge in [-0.3, -0.25) is 4.79 Å². The first kappa shape index (κ1) is 14.0. The van der Waals surface area contributed by atoms with E-state index in [0.717, 1.165) is 18.1 Å². The number of hydrogen-bond acceptors (Lipinski definition) is 2. The lowest BCUT2D eigenvalue weighted by Crippen LogP contribution is -2.28. The molecule has 4 nitrogen and oxygen atoms in total. The van der Waals surface area contributed by atoms with Crippen LogP contribution in [0.25, 0.3) is 0 Å². The minimum Gasteiger partial charge on any atom is -0.481 e. The summed E-state index contributed by atoms with van der Waals surface area (Å²) < 4.78 is 2.18. The van der Waals surface area contributed by atoms with E-state index >= 15 is 0 Å². The third-order valence-electron chi connectivity index (χ3n) is 3.11. The van der Waals surface area contributed by atoms with Crippen LogP contribution in [0.1, 0.15) is 38.7 Å². The van der Waals surface area contributed by atoms with Crippen molar-refractivity contribution in [2.45, 2.75) is 45.6 Å². The normalized spacial score (nSPS) is 19.4. The summed E-state index contributed by atoms with van der Waals surface area (Å²) in [6.45, 7) is 7.17. The second-order valence-corrected chi connectivity index (χ2v) is 5.50. The summed E-state index contributed by atoms with van der Waals surface area (Å²) in [4.78, 5) is 15.4. The highest BCUT2D eigenvalue weighted by Gasteiger charge is 2.29. The van der Waals surface area contributed by atoms with Gasteiger partial charge < -0.3 is 9.67 Å². The lowest BCUT2D eigenvalue weighted by molar-refractivity contribution is -0.142. The van der Waals surface area contributed by atoms with Crippen LogP contribution in [0.3, 0.4) is 0 Å². The SMILES string of the molecule is CC(C)(C)c1ncc2n1CCC(C(=O)O)C2.Cl. The molecular weight excluding hydrogens is 240 g/mol. The fourth-order valence-corrected chi connectivity index (χ4v) is 2.27. The third kappa shape index (κ3) is 2.63. The van der Waals surface area contributed by atoms with Crippen LogP contribution in [0.4, 0.5) is 0 Å². The molecule has 0 radical (unpaired) electrons. The third-order valence-corrected chi connectivity index (χ3v) is 3.11. The maximum absolute atomic E-state index is 10.9. The van der Waals surface area contributed by atoms with Crippen LogP contribution in [0, 0.1) is 5.92 Å². The summed E-state index contributed by atoms with van der Waals surface area (Å²) >= 11 is 0. The lowest BCUT2D eigenvalue weighted by atomic mass is 9.93. The number of carboxylic acid groups (broad SMARTS) is 1. The van der Waals surface area contributed by atoms with E-state index in [1.54, 1.807) is 0 Å².